The molecule has 4 saturated carbocycles. The highest BCUT2D eigenvalue weighted by Crippen LogP contribution is 2.66. The molecule has 7 nitrogen and oxygen atoms in total. The molecule has 6 rings (SSSR count). The molecule has 0 spiro atoms. The predicted octanol–water partition coefficient (Wildman–Crippen LogP) is 7.74. The molecule has 4 aliphatic rings. The molecule has 0 saturated heterocycles. The van der Waals surface area contributed by atoms with Gasteiger partial charge in [-0.3, -0.25) is 4.79 Å². The summed E-state index contributed by atoms with van der Waals surface area (Å²) in [5, 5.41) is 3.13. The second kappa shape index (κ2) is 12.6. The monoisotopic (exact) mass is 698 g/mol. The van der Waals surface area contributed by atoms with E-state index >= 15 is 0 Å². The molecular weight excluding hydrogens is 649 g/mol. The van der Waals surface area contributed by atoms with E-state index in [1.807, 2.05) is 43.5 Å². The first kappa shape index (κ1) is 35.2. The summed E-state index contributed by atoms with van der Waals surface area (Å²) in [6.45, 7) is 13.3. The number of hydrogen-bond acceptors (Lipinski definition) is 5. The SMILES string of the molecule is CC(C)(C)[S+]([O-])N[C@H](c1nc2cc([C@H](NC(=O)CC3CC(F)(F)C3)C3CC3)ccc2n1COCC[Si](C)(C)C)C1[C@H]2CC(F)(F)C[C@@H]12. The van der Waals surface area contributed by atoms with E-state index in [2.05, 4.69) is 29.7 Å². The van der Waals surface area contributed by atoms with Gasteiger partial charge in [0, 0.05) is 58.1 Å². The minimum absolute atomic E-state index is 0.0929. The first-order chi connectivity index (χ1) is 21.8. The Kier molecular flexibility index (Phi) is 9.41. The third kappa shape index (κ3) is 8.21. The first-order valence-corrected chi connectivity index (χ1v) is 22.0. The molecule has 4 aliphatic carbocycles. The summed E-state index contributed by atoms with van der Waals surface area (Å²) in [4.78, 5) is 18.0. The Morgan fingerprint density at radius 2 is 1.72 bits per heavy atom. The van der Waals surface area contributed by atoms with Gasteiger partial charge in [0.1, 0.15) is 23.3 Å². The quantitative estimate of drug-likeness (QED) is 0.0912. The number of rotatable bonds is 14. The van der Waals surface area contributed by atoms with Gasteiger partial charge in [0.25, 0.3) is 0 Å². The average molecular weight is 699 g/mol. The van der Waals surface area contributed by atoms with Gasteiger partial charge in [-0.2, -0.15) is 0 Å². The van der Waals surface area contributed by atoms with Crippen molar-refractivity contribution in [1.82, 2.24) is 19.6 Å². The Balaban J connectivity index is 1.30. The Bertz CT molecular complexity index is 1450. The lowest BCUT2D eigenvalue weighted by Gasteiger charge is -2.34. The number of benzene rings is 1. The van der Waals surface area contributed by atoms with Crippen molar-refractivity contribution in [3.8, 4) is 0 Å². The number of amides is 1. The second-order valence-corrected chi connectivity index (χ2v) is 24.5. The molecule has 2 N–H and O–H groups in total. The van der Waals surface area contributed by atoms with Crippen LogP contribution in [0.5, 0.6) is 0 Å². The summed E-state index contributed by atoms with van der Waals surface area (Å²) in [5.74, 6) is -5.39. The lowest BCUT2D eigenvalue weighted by molar-refractivity contribution is -0.134. The van der Waals surface area contributed by atoms with Gasteiger partial charge in [0.15, 0.2) is 0 Å². The Morgan fingerprint density at radius 3 is 2.30 bits per heavy atom. The number of nitrogens with zero attached hydrogens (tertiary/aromatic N) is 2. The molecule has 2 aromatic rings. The molecule has 262 valence electrons. The normalized spacial score (nSPS) is 27.3. The predicted molar refractivity (Wildman–Crippen MR) is 178 cm³/mol. The zero-order valence-electron chi connectivity index (χ0n) is 28.4. The van der Waals surface area contributed by atoms with E-state index in [0.29, 0.717) is 17.9 Å². The highest BCUT2D eigenvalue weighted by molar-refractivity contribution is 7.90. The van der Waals surface area contributed by atoms with Crippen LogP contribution in [0.15, 0.2) is 18.2 Å². The number of aromatic nitrogens is 2. The fraction of sp³-hybridized carbons (Fsp3) is 0.765. The molecule has 1 aromatic carbocycles. The lowest BCUT2D eigenvalue weighted by atomic mass is 9.79. The van der Waals surface area contributed by atoms with Crippen LogP contribution in [-0.2, 0) is 27.6 Å². The van der Waals surface area contributed by atoms with E-state index < -0.39 is 42.1 Å². The maximum absolute atomic E-state index is 14.3. The average Bonchev–Trinajstić information content (AvgIpc) is 3.81. The molecule has 0 aliphatic heterocycles. The van der Waals surface area contributed by atoms with E-state index in [4.69, 9.17) is 9.72 Å². The molecule has 13 heteroatoms. The molecule has 2 unspecified atom stereocenters. The van der Waals surface area contributed by atoms with E-state index in [9.17, 15) is 26.9 Å². The van der Waals surface area contributed by atoms with E-state index in [0.717, 1.165) is 30.0 Å². The van der Waals surface area contributed by atoms with Crippen LogP contribution < -0.4 is 10.0 Å². The van der Waals surface area contributed by atoms with E-state index in [1.54, 1.807) is 0 Å². The number of hydrogen-bond donors (Lipinski definition) is 2. The van der Waals surface area contributed by atoms with Crippen LogP contribution in [0, 0.1) is 29.6 Å². The molecule has 1 aromatic heterocycles. The smallest absolute Gasteiger partial charge is 0.248 e. The number of halogens is 4. The maximum atomic E-state index is 14.3. The number of alkyl halides is 4. The number of fused-ring (bicyclic) bond motifs is 2. The van der Waals surface area contributed by atoms with Gasteiger partial charge in [-0.15, -0.1) is 4.72 Å². The van der Waals surface area contributed by atoms with Crippen LogP contribution >= 0.6 is 0 Å². The summed E-state index contributed by atoms with van der Waals surface area (Å²) in [6.07, 6.45) is 1.22. The van der Waals surface area contributed by atoms with Gasteiger partial charge >= 0.3 is 0 Å². The number of carbonyl (C=O) groups is 1. The van der Waals surface area contributed by atoms with Crippen LogP contribution in [0.1, 0.15) is 89.2 Å². The summed E-state index contributed by atoms with van der Waals surface area (Å²) in [5.41, 5.74) is 2.40. The highest BCUT2D eigenvalue weighted by Gasteiger charge is 2.66. The van der Waals surface area contributed by atoms with Crippen molar-refractivity contribution in [2.75, 3.05) is 6.61 Å². The van der Waals surface area contributed by atoms with Gasteiger partial charge in [0.05, 0.1) is 17.1 Å². The summed E-state index contributed by atoms with van der Waals surface area (Å²) in [7, 11) is -1.35. The minimum atomic E-state index is -2.67. The number of carbonyl (C=O) groups excluding carboxylic acids is 1. The summed E-state index contributed by atoms with van der Waals surface area (Å²) in [6, 6.07) is 6.15. The fourth-order valence-corrected chi connectivity index (χ4v) is 9.11. The van der Waals surface area contributed by atoms with E-state index in [-0.39, 0.29) is 80.4 Å². The van der Waals surface area contributed by atoms with Crippen molar-refractivity contribution in [2.24, 2.45) is 29.6 Å². The van der Waals surface area contributed by atoms with Crippen molar-refractivity contribution in [3.63, 3.8) is 0 Å². The minimum Gasteiger partial charge on any atom is -0.598 e. The van der Waals surface area contributed by atoms with Crippen LogP contribution in [0.3, 0.4) is 0 Å². The van der Waals surface area contributed by atoms with Gasteiger partial charge in [0.2, 0.25) is 17.8 Å². The van der Waals surface area contributed by atoms with Crippen molar-refractivity contribution in [2.45, 2.75) is 127 Å². The standard InChI is InChI=1S/C34H50F4N4O3SSi/c1-32(2,3)46(44)41-30(28-23-17-34(37,38)18-24(23)28)31-39-25-14-22(9-10-26(25)42(31)19-45-11-12-47(4,5)6)29(21-7-8-21)40-27(43)13-20-15-33(35,36)16-20/h9-10,14,20-21,23-24,28-30,41H,7-8,11-13,15-19H2,1-6H3,(H,40,43)/t23-,24+,28?,29-,30+,46?/m1/s1. The molecule has 1 amide bonds. The van der Waals surface area contributed by atoms with Gasteiger partial charge in [-0.05, 0) is 86.9 Å². The largest absolute Gasteiger partial charge is 0.598 e. The van der Waals surface area contributed by atoms with Crippen molar-refractivity contribution >= 4 is 36.4 Å². The highest BCUT2D eigenvalue weighted by atomic mass is 32.2. The molecule has 4 fully saturated rings. The molecule has 47 heavy (non-hydrogen) atoms. The summed E-state index contributed by atoms with van der Waals surface area (Å²) < 4.78 is 79.8. The maximum Gasteiger partial charge on any atom is 0.248 e. The number of imidazole rings is 1. The molecule has 0 radical (unpaired) electrons. The third-order valence-electron chi connectivity index (χ3n) is 10.4. The molecular formula is C34H50F4N4O3SSi. The zero-order valence-corrected chi connectivity index (χ0v) is 30.2. The van der Waals surface area contributed by atoms with Gasteiger partial charge in [-0.25, -0.2) is 22.5 Å². The molecule has 0 bridgehead atoms. The summed E-state index contributed by atoms with van der Waals surface area (Å²) >= 11 is -1.47. The zero-order chi connectivity index (χ0) is 34.1. The Morgan fingerprint density at radius 1 is 1.09 bits per heavy atom. The lowest BCUT2D eigenvalue weighted by Crippen LogP contribution is -2.43. The number of ether oxygens (including phenoxy) is 1. The van der Waals surface area contributed by atoms with Crippen LogP contribution in [0.2, 0.25) is 25.7 Å². The van der Waals surface area contributed by atoms with Gasteiger partial charge in [-0.1, -0.05) is 25.7 Å². The molecule has 6 atom stereocenters. The third-order valence-corrected chi connectivity index (χ3v) is 13.6. The fourth-order valence-electron chi connectivity index (χ4n) is 7.51. The molecule has 1 heterocycles. The van der Waals surface area contributed by atoms with Crippen molar-refractivity contribution in [3.05, 3.63) is 29.6 Å². The van der Waals surface area contributed by atoms with Crippen LogP contribution in [0.25, 0.3) is 11.0 Å². The topological polar surface area (TPSA) is 91.2 Å². The van der Waals surface area contributed by atoms with Crippen LogP contribution in [0.4, 0.5) is 17.6 Å². The second-order valence-electron chi connectivity index (χ2n) is 16.9. The van der Waals surface area contributed by atoms with Crippen molar-refractivity contribution < 1.29 is 31.6 Å². The Labute approximate surface area is 279 Å². The first-order valence-electron chi connectivity index (χ1n) is 17.1. The van der Waals surface area contributed by atoms with E-state index in [1.165, 1.54) is 0 Å². The Hall–Kier alpha value is -1.67. The van der Waals surface area contributed by atoms with Crippen LogP contribution in [-0.4, -0.2) is 51.3 Å². The van der Waals surface area contributed by atoms with Gasteiger partial charge < -0.3 is 19.2 Å². The number of nitrogens with one attached hydrogen (secondary N) is 2. The van der Waals surface area contributed by atoms with Crippen molar-refractivity contribution in [1.29, 1.82) is 0 Å².